The Bertz CT molecular complexity index is 1460. The second kappa shape index (κ2) is 9.25. The highest BCUT2D eigenvalue weighted by molar-refractivity contribution is 6.37. The predicted molar refractivity (Wildman–Crippen MR) is 125 cm³/mol. The molecule has 2 aromatic heterocycles. The zero-order chi connectivity index (χ0) is 23.5. The second-order valence-electron chi connectivity index (χ2n) is 7.05. The first-order valence-corrected chi connectivity index (χ1v) is 10.4. The molecule has 33 heavy (non-hydrogen) atoms. The van der Waals surface area contributed by atoms with Crippen LogP contribution in [-0.4, -0.2) is 21.6 Å². The molecule has 4 aromatic rings. The van der Waals surface area contributed by atoms with E-state index >= 15 is 0 Å². The first kappa shape index (κ1) is 22.2. The summed E-state index contributed by atoms with van der Waals surface area (Å²) in [6.45, 7) is 0.274. The van der Waals surface area contributed by atoms with Crippen LogP contribution in [0.4, 0.5) is 5.69 Å². The monoisotopic (exact) mass is 479 g/mol. The van der Waals surface area contributed by atoms with Crippen LogP contribution >= 0.6 is 23.2 Å². The number of nitriles is 1. The van der Waals surface area contributed by atoms with E-state index in [1.807, 2.05) is 34.9 Å². The van der Waals surface area contributed by atoms with Gasteiger partial charge in [0.1, 0.15) is 17.4 Å². The van der Waals surface area contributed by atoms with Gasteiger partial charge in [-0.15, -0.1) is 0 Å². The van der Waals surface area contributed by atoms with E-state index in [2.05, 4.69) is 5.32 Å². The largest absolute Gasteiger partial charge is 0.475 e. The van der Waals surface area contributed by atoms with Gasteiger partial charge >= 0.3 is 5.97 Å². The molecule has 2 heterocycles. The summed E-state index contributed by atoms with van der Waals surface area (Å²) in [5.41, 5.74) is 1.69. The molecule has 0 aliphatic heterocycles. The number of aromatic carboxylic acids is 1. The number of hydrogen-bond acceptors (Lipinski definition) is 4. The number of furan rings is 1. The van der Waals surface area contributed by atoms with Gasteiger partial charge in [0.25, 0.3) is 5.91 Å². The number of nitrogens with zero attached hydrogens (tertiary/aromatic N) is 2. The van der Waals surface area contributed by atoms with Gasteiger partial charge < -0.3 is 19.4 Å². The molecule has 2 N–H and O–H groups in total. The van der Waals surface area contributed by atoms with Crippen molar-refractivity contribution in [3.8, 4) is 6.07 Å². The number of amides is 1. The highest BCUT2D eigenvalue weighted by Crippen LogP contribution is 2.27. The van der Waals surface area contributed by atoms with Crippen LogP contribution in [-0.2, 0) is 11.3 Å². The van der Waals surface area contributed by atoms with E-state index in [1.54, 1.807) is 24.4 Å². The smallest absolute Gasteiger partial charge is 0.371 e. The summed E-state index contributed by atoms with van der Waals surface area (Å²) in [7, 11) is 0. The molecule has 2 aromatic carbocycles. The maximum Gasteiger partial charge on any atom is 0.371 e. The van der Waals surface area contributed by atoms with Crippen molar-refractivity contribution >= 4 is 57.7 Å². The van der Waals surface area contributed by atoms with E-state index in [1.165, 1.54) is 18.2 Å². The lowest BCUT2D eigenvalue weighted by Crippen LogP contribution is -2.13. The van der Waals surface area contributed by atoms with Crippen molar-refractivity contribution in [2.24, 2.45) is 0 Å². The summed E-state index contributed by atoms with van der Waals surface area (Å²) < 4.78 is 7.22. The molecule has 0 aliphatic rings. The number of benzene rings is 2. The number of carbonyl (C=O) groups excluding carboxylic acids is 1. The van der Waals surface area contributed by atoms with Crippen LogP contribution in [0, 0.1) is 11.3 Å². The van der Waals surface area contributed by atoms with E-state index in [0.29, 0.717) is 22.0 Å². The minimum atomic E-state index is -1.15. The number of hydrogen-bond donors (Lipinski definition) is 2. The molecule has 0 bridgehead atoms. The number of rotatable bonds is 6. The van der Waals surface area contributed by atoms with Gasteiger partial charge in [0.05, 0.1) is 17.3 Å². The molecule has 0 atom stereocenters. The summed E-state index contributed by atoms with van der Waals surface area (Å²) in [6.07, 6.45) is 3.26. The Kier molecular flexibility index (Phi) is 6.22. The molecule has 0 aliphatic carbocycles. The predicted octanol–water partition coefficient (Wildman–Crippen LogP) is 5.83. The number of anilines is 1. The SMILES string of the molecule is N#C/C(=C/c1cn(Cc2ccc(C(=O)O)o2)c2ccccc12)C(=O)Nc1ccc(Cl)cc1Cl. The Morgan fingerprint density at radius 2 is 1.94 bits per heavy atom. The second-order valence-corrected chi connectivity index (χ2v) is 7.89. The summed E-state index contributed by atoms with van der Waals surface area (Å²) in [6, 6.07) is 17.0. The van der Waals surface area contributed by atoms with Crippen molar-refractivity contribution in [2.45, 2.75) is 6.54 Å². The van der Waals surface area contributed by atoms with Crippen molar-refractivity contribution < 1.29 is 19.1 Å². The Morgan fingerprint density at radius 3 is 2.64 bits per heavy atom. The number of carbonyl (C=O) groups is 2. The van der Waals surface area contributed by atoms with Crippen molar-refractivity contribution in [1.29, 1.82) is 5.26 Å². The minimum absolute atomic E-state index is 0.116. The average molecular weight is 480 g/mol. The third-order valence-corrected chi connectivity index (χ3v) is 5.41. The third kappa shape index (κ3) is 4.77. The molecule has 0 fully saturated rings. The van der Waals surface area contributed by atoms with Gasteiger partial charge in [-0.3, -0.25) is 4.79 Å². The van der Waals surface area contributed by atoms with E-state index in [-0.39, 0.29) is 22.9 Å². The fourth-order valence-corrected chi connectivity index (χ4v) is 3.81. The van der Waals surface area contributed by atoms with E-state index in [4.69, 9.17) is 32.7 Å². The molecule has 7 nitrogen and oxygen atoms in total. The Balaban J connectivity index is 1.67. The molecule has 9 heteroatoms. The standard InChI is InChI=1S/C24H15Cl2N3O4/c25-16-5-7-20(19(26)10-16)28-23(30)14(11-27)9-15-12-29(21-4-2-1-3-18(15)21)13-17-6-8-22(33-17)24(31)32/h1-10,12H,13H2,(H,28,30)(H,31,32)/b14-9-. The normalized spacial score (nSPS) is 11.4. The number of para-hydroxylation sites is 1. The van der Waals surface area contributed by atoms with E-state index in [0.717, 1.165) is 10.9 Å². The van der Waals surface area contributed by atoms with Crippen LogP contribution in [0.2, 0.25) is 10.0 Å². The molecule has 0 radical (unpaired) electrons. The first-order chi connectivity index (χ1) is 15.9. The molecule has 0 saturated carbocycles. The number of nitrogens with one attached hydrogen (secondary N) is 1. The zero-order valence-corrected chi connectivity index (χ0v) is 18.4. The van der Waals surface area contributed by atoms with Crippen molar-refractivity contribution in [3.05, 3.63) is 93.5 Å². The molecule has 0 saturated heterocycles. The van der Waals surface area contributed by atoms with Crippen LogP contribution in [0.3, 0.4) is 0 Å². The number of halogens is 2. The van der Waals surface area contributed by atoms with Crippen LogP contribution in [0.15, 0.2) is 70.8 Å². The van der Waals surface area contributed by atoms with Gasteiger partial charge in [-0.1, -0.05) is 41.4 Å². The molecule has 4 rings (SSSR count). The fourth-order valence-electron chi connectivity index (χ4n) is 3.35. The number of carboxylic acids is 1. The molecular weight excluding hydrogens is 465 g/mol. The van der Waals surface area contributed by atoms with Crippen molar-refractivity contribution in [1.82, 2.24) is 4.57 Å². The van der Waals surface area contributed by atoms with Crippen molar-refractivity contribution in [3.63, 3.8) is 0 Å². The highest BCUT2D eigenvalue weighted by atomic mass is 35.5. The van der Waals surface area contributed by atoms with Crippen LogP contribution in [0.25, 0.3) is 17.0 Å². The van der Waals surface area contributed by atoms with Crippen LogP contribution in [0.5, 0.6) is 0 Å². The highest BCUT2D eigenvalue weighted by Gasteiger charge is 2.15. The molecule has 164 valence electrons. The molecule has 0 spiro atoms. The summed E-state index contributed by atoms with van der Waals surface area (Å²) in [5.74, 6) is -1.45. The lowest BCUT2D eigenvalue weighted by molar-refractivity contribution is -0.112. The molecule has 1 amide bonds. The summed E-state index contributed by atoms with van der Waals surface area (Å²) in [4.78, 5) is 23.8. The van der Waals surface area contributed by atoms with E-state index < -0.39 is 11.9 Å². The van der Waals surface area contributed by atoms with E-state index in [9.17, 15) is 14.9 Å². The molecular formula is C24H15Cl2N3O4. The van der Waals surface area contributed by atoms with Gasteiger partial charge in [0.2, 0.25) is 5.76 Å². The van der Waals surface area contributed by atoms with Crippen LogP contribution in [0.1, 0.15) is 21.9 Å². The van der Waals surface area contributed by atoms with Crippen molar-refractivity contribution in [2.75, 3.05) is 5.32 Å². The Morgan fingerprint density at radius 1 is 1.15 bits per heavy atom. The fraction of sp³-hybridized carbons (Fsp3) is 0.0417. The number of fused-ring (bicyclic) bond motifs is 1. The van der Waals surface area contributed by atoms with Gasteiger partial charge in [-0.2, -0.15) is 5.26 Å². The minimum Gasteiger partial charge on any atom is -0.475 e. The Hall–Kier alpha value is -3.99. The zero-order valence-electron chi connectivity index (χ0n) is 16.9. The third-order valence-electron chi connectivity index (χ3n) is 4.86. The number of carboxylic acid groups (broad SMARTS) is 1. The quantitative estimate of drug-likeness (QED) is 0.267. The maximum absolute atomic E-state index is 12.7. The topological polar surface area (TPSA) is 108 Å². The lowest BCUT2D eigenvalue weighted by Gasteiger charge is -2.06. The van der Waals surface area contributed by atoms with Crippen LogP contribution < -0.4 is 5.32 Å². The van der Waals surface area contributed by atoms with Gasteiger partial charge in [-0.25, -0.2) is 4.79 Å². The lowest BCUT2D eigenvalue weighted by atomic mass is 10.1. The van der Waals surface area contributed by atoms with Gasteiger partial charge in [0.15, 0.2) is 0 Å². The Labute approximate surface area is 198 Å². The van der Waals surface area contributed by atoms with Gasteiger partial charge in [-0.05, 0) is 42.5 Å². The average Bonchev–Trinajstić information content (AvgIpc) is 3.39. The summed E-state index contributed by atoms with van der Waals surface area (Å²) in [5, 5.41) is 22.8. The molecule has 0 unspecified atom stereocenters. The van der Waals surface area contributed by atoms with Gasteiger partial charge in [0, 0.05) is 27.7 Å². The first-order valence-electron chi connectivity index (χ1n) is 9.64. The maximum atomic E-state index is 12.7. The number of aromatic nitrogens is 1. The summed E-state index contributed by atoms with van der Waals surface area (Å²) >= 11 is 12.0.